The molecule has 0 atom stereocenters. The normalized spacial score (nSPS) is 15.6. The molecular weight excluding hydrogens is 362 g/mol. The van der Waals surface area contributed by atoms with Crippen molar-refractivity contribution in [1.82, 2.24) is 4.90 Å². The summed E-state index contributed by atoms with van der Waals surface area (Å²) in [6.07, 6.45) is 0. The topological polar surface area (TPSA) is 62.1 Å². The molecule has 3 rings (SSSR count). The van der Waals surface area contributed by atoms with Crippen molar-refractivity contribution in [1.29, 1.82) is 0 Å². The van der Waals surface area contributed by atoms with E-state index in [4.69, 9.17) is 0 Å². The van der Waals surface area contributed by atoms with Gasteiger partial charge in [-0.15, -0.1) is 0 Å². The Kier molecular flexibility index (Phi) is 5.82. The fourth-order valence-corrected chi connectivity index (χ4v) is 4.46. The lowest BCUT2D eigenvalue weighted by Gasteiger charge is -2.31. The average molecular weight is 389 g/mol. The highest BCUT2D eigenvalue weighted by atomic mass is 32.2. The average Bonchev–Trinajstić information content (AvgIpc) is 2.73. The van der Waals surface area contributed by atoms with E-state index in [0.717, 1.165) is 32.7 Å². The third-order valence-electron chi connectivity index (χ3n) is 5.14. The summed E-state index contributed by atoms with van der Waals surface area (Å²) in [6.45, 7) is 6.60. The number of amides is 1. The number of sulfonamides is 1. The molecule has 0 aliphatic carbocycles. The van der Waals surface area contributed by atoms with Crippen LogP contribution in [0.15, 0.2) is 59.5 Å². The molecule has 6 nitrogen and oxygen atoms in total. The number of carbonyl (C=O) groups excluding carboxylic acids is 1. The van der Waals surface area contributed by atoms with E-state index in [2.05, 4.69) is 6.92 Å². The van der Waals surface area contributed by atoms with Gasteiger partial charge in [0.05, 0.1) is 43.3 Å². The van der Waals surface area contributed by atoms with Crippen LogP contribution in [0.25, 0.3) is 0 Å². The van der Waals surface area contributed by atoms with Crippen LogP contribution in [0.2, 0.25) is 0 Å². The van der Waals surface area contributed by atoms with Gasteiger partial charge in [0.2, 0.25) is 0 Å². The molecule has 2 aromatic carbocycles. The zero-order valence-electron chi connectivity index (χ0n) is 15.8. The molecule has 1 saturated heterocycles. The van der Waals surface area contributed by atoms with Crippen LogP contribution in [0.3, 0.4) is 0 Å². The zero-order chi connectivity index (χ0) is 19.4. The van der Waals surface area contributed by atoms with Crippen LogP contribution in [0, 0.1) is 0 Å². The van der Waals surface area contributed by atoms with Crippen LogP contribution in [-0.2, 0) is 10.0 Å². The predicted octanol–water partition coefficient (Wildman–Crippen LogP) is 0.872. The molecule has 1 aliphatic heterocycles. The Balaban J connectivity index is 1.74. The van der Waals surface area contributed by atoms with Crippen molar-refractivity contribution in [3.05, 3.63) is 60.2 Å². The molecule has 7 heteroatoms. The van der Waals surface area contributed by atoms with Gasteiger partial charge < -0.3 is 9.80 Å². The molecule has 144 valence electrons. The first kappa shape index (κ1) is 19.4. The molecule has 1 amide bonds. The number of likely N-dealkylation sites (N-methyl/N-ethyl adjacent to an activating group) is 1. The van der Waals surface area contributed by atoms with Gasteiger partial charge in [-0.25, -0.2) is 8.42 Å². The van der Waals surface area contributed by atoms with Gasteiger partial charge in [0, 0.05) is 12.6 Å². The summed E-state index contributed by atoms with van der Waals surface area (Å²) in [4.78, 5) is 16.2. The molecule has 0 bridgehead atoms. The first-order valence-electron chi connectivity index (χ1n) is 9.20. The Labute approximate surface area is 161 Å². The largest absolute Gasteiger partial charge is 0.332 e. The first-order chi connectivity index (χ1) is 12.9. The number of rotatable bonds is 5. The van der Waals surface area contributed by atoms with Gasteiger partial charge in [-0.3, -0.25) is 9.10 Å². The van der Waals surface area contributed by atoms with Gasteiger partial charge >= 0.3 is 0 Å². The fraction of sp³-hybridized carbons (Fsp3) is 0.350. The molecule has 0 unspecified atom stereocenters. The summed E-state index contributed by atoms with van der Waals surface area (Å²) < 4.78 is 26.9. The van der Waals surface area contributed by atoms with Crippen molar-refractivity contribution in [3.63, 3.8) is 0 Å². The molecule has 0 radical (unpaired) electrons. The summed E-state index contributed by atoms with van der Waals surface area (Å²) in [6, 6.07) is 15.1. The minimum Gasteiger partial charge on any atom is -0.332 e. The second kappa shape index (κ2) is 8.10. The summed E-state index contributed by atoms with van der Waals surface area (Å²) in [5.41, 5.74) is 1.12. The van der Waals surface area contributed by atoms with E-state index in [0.29, 0.717) is 11.3 Å². The molecule has 1 aliphatic rings. The van der Waals surface area contributed by atoms with E-state index in [1.807, 2.05) is 11.0 Å². The Bertz CT molecular complexity index is 874. The van der Waals surface area contributed by atoms with E-state index < -0.39 is 10.0 Å². The van der Waals surface area contributed by atoms with E-state index in [9.17, 15) is 13.2 Å². The monoisotopic (exact) mass is 388 g/mol. The van der Waals surface area contributed by atoms with E-state index in [1.54, 1.807) is 36.4 Å². The molecule has 2 aromatic rings. The third kappa shape index (κ3) is 4.14. The third-order valence-corrected chi connectivity index (χ3v) is 6.94. The number of benzene rings is 2. The van der Waals surface area contributed by atoms with E-state index in [-0.39, 0.29) is 10.8 Å². The minimum absolute atomic E-state index is 0.0366. The molecule has 0 aromatic heterocycles. The lowest BCUT2D eigenvalue weighted by Crippen LogP contribution is -3.14. The van der Waals surface area contributed by atoms with E-state index >= 15 is 0 Å². The molecule has 0 spiro atoms. The molecule has 1 heterocycles. The molecule has 0 saturated carbocycles. The maximum absolute atomic E-state index is 12.8. The van der Waals surface area contributed by atoms with Crippen LogP contribution >= 0.6 is 0 Å². The number of hydrogen-bond donors (Lipinski definition) is 1. The number of carbonyl (C=O) groups is 1. The number of quaternary nitrogens is 1. The summed E-state index contributed by atoms with van der Waals surface area (Å²) in [5, 5.41) is 0. The van der Waals surface area contributed by atoms with Gasteiger partial charge in [0.1, 0.15) is 0 Å². The number of hydrogen-bond acceptors (Lipinski definition) is 3. The smallest absolute Gasteiger partial charge is 0.264 e. The van der Waals surface area contributed by atoms with Crippen LogP contribution in [-0.4, -0.2) is 59.0 Å². The molecule has 27 heavy (non-hydrogen) atoms. The van der Waals surface area contributed by atoms with Crippen LogP contribution in [0.5, 0.6) is 0 Å². The number of piperazine rings is 1. The van der Waals surface area contributed by atoms with Gasteiger partial charge in [-0.2, -0.15) is 0 Å². The molecular formula is C20H26N3O3S+. The minimum atomic E-state index is -3.66. The fourth-order valence-electron chi connectivity index (χ4n) is 3.27. The van der Waals surface area contributed by atoms with Crippen molar-refractivity contribution < 1.29 is 18.1 Å². The second-order valence-corrected chi connectivity index (χ2v) is 8.70. The number of nitrogens with one attached hydrogen (secondary N) is 1. The van der Waals surface area contributed by atoms with Gasteiger partial charge in [-0.1, -0.05) is 18.2 Å². The Morgan fingerprint density at radius 1 is 1.04 bits per heavy atom. The van der Waals surface area contributed by atoms with E-state index in [1.165, 1.54) is 28.4 Å². The standard InChI is InChI=1S/C20H25N3O3S/c1-3-22-13-15-23(16-14-22)20(24)17-9-11-19(12-10-17)27(25,26)21(2)18-7-5-4-6-8-18/h4-12H,3,13-16H2,1-2H3/p+1. The molecule has 1 N–H and O–H groups in total. The SMILES string of the molecule is CC[NH+]1CCN(C(=O)c2ccc(S(=O)(=O)N(C)c3ccccc3)cc2)CC1. The predicted molar refractivity (Wildman–Crippen MR) is 106 cm³/mol. The maximum Gasteiger partial charge on any atom is 0.264 e. The highest BCUT2D eigenvalue weighted by Crippen LogP contribution is 2.22. The van der Waals surface area contributed by atoms with Gasteiger partial charge in [0.15, 0.2) is 0 Å². The lowest BCUT2D eigenvalue weighted by atomic mass is 10.2. The van der Waals surface area contributed by atoms with Crippen molar-refractivity contribution in [2.75, 3.05) is 44.1 Å². The Hall–Kier alpha value is -2.38. The number of nitrogens with zero attached hydrogens (tertiary/aromatic N) is 2. The van der Waals surface area contributed by atoms with Crippen LogP contribution < -0.4 is 9.21 Å². The number of para-hydroxylation sites is 1. The summed E-state index contributed by atoms with van der Waals surface area (Å²) >= 11 is 0. The number of anilines is 1. The van der Waals surface area contributed by atoms with Gasteiger partial charge in [-0.05, 0) is 43.3 Å². The van der Waals surface area contributed by atoms with Crippen molar-refractivity contribution in [2.45, 2.75) is 11.8 Å². The van der Waals surface area contributed by atoms with Crippen LogP contribution in [0.1, 0.15) is 17.3 Å². The van der Waals surface area contributed by atoms with Crippen molar-refractivity contribution in [2.24, 2.45) is 0 Å². The maximum atomic E-state index is 12.8. The zero-order valence-corrected chi connectivity index (χ0v) is 16.6. The highest BCUT2D eigenvalue weighted by molar-refractivity contribution is 7.92. The quantitative estimate of drug-likeness (QED) is 0.827. The lowest BCUT2D eigenvalue weighted by molar-refractivity contribution is -0.902. The summed E-state index contributed by atoms with van der Waals surface area (Å²) in [5.74, 6) is -0.0366. The first-order valence-corrected chi connectivity index (χ1v) is 10.6. The molecule has 1 fully saturated rings. The summed E-state index contributed by atoms with van der Waals surface area (Å²) in [7, 11) is -2.14. The Morgan fingerprint density at radius 3 is 2.19 bits per heavy atom. The van der Waals surface area contributed by atoms with Crippen LogP contribution in [0.4, 0.5) is 5.69 Å². The highest BCUT2D eigenvalue weighted by Gasteiger charge is 2.25. The van der Waals surface area contributed by atoms with Gasteiger partial charge in [0.25, 0.3) is 15.9 Å². The van der Waals surface area contributed by atoms with Crippen molar-refractivity contribution in [3.8, 4) is 0 Å². The van der Waals surface area contributed by atoms with Crippen molar-refractivity contribution >= 4 is 21.6 Å². The second-order valence-electron chi connectivity index (χ2n) is 6.73. The Morgan fingerprint density at radius 2 is 1.63 bits per heavy atom.